The SMILES string of the molecule is Nc1nccc(-c2cccc(C3CCCN(c4ncnc5[nH]ccc45)C3)c2)n1. The van der Waals surface area contributed by atoms with Gasteiger partial charge in [0.1, 0.15) is 17.8 Å². The Morgan fingerprint density at radius 2 is 2.07 bits per heavy atom. The van der Waals surface area contributed by atoms with E-state index in [0.717, 1.165) is 54.0 Å². The van der Waals surface area contributed by atoms with E-state index >= 15 is 0 Å². The molecule has 140 valence electrons. The first kappa shape index (κ1) is 16.7. The first-order chi connectivity index (χ1) is 13.8. The van der Waals surface area contributed by atoms with Gasteiger partial charge in [-0.05, 0) is 36.6 Å². The van der Waals surface area contributed by atoms with Gasteiger partial charge in [-0.15, -0.1) is 0 Å². The third-order valence-corrected chi connectivity index (χ3v) is 5.38. The third kappa shape index (κ3) is 3.05. The van der Waals surface area contributed by atoms with E-state index in [1.165, 1.54) is 5.56 Å². The Balaban J connectivity index is 1.44. The van der Waals surface area contributed by atoms with Crippen molar-refractivity contribution in [1.29, 1.82) is 0 Å². The first-order valence-electron chi connectivity index (χ1n) is 9.50. The van der Waals surface area contributed by atoms with Gasteiger partial charge in [0.25, 0.3) is 0 Å². The van der Waals surface area contributed by atoms with Crippen LogP contribution in [0.1, 0.15) is 24.3 Å². The number of nitrogens with zero attached hydrogens (tertiary/aromatic N) is 5. The molecule has 3 N–H and O–H groups in total. The molecule has 7 nitrogen and oxygen atoms in total. The fourth-order valence-corrected chi connectivity index (χ4v) is 4.04. The predicted octanol–water partition coefficient (Wildman–Crippen LogP) is 3.38. The van der Waals surface area contributed by atoms with Crippen molar-refractivity contribution < 1.29 is 0 Å². The van der Waals surface area contributed by atoms with E-state index in [-0.39, 0.29) is 0 Å². The molecule has 0 saturated carbocycles. The molecule has 1 aliphatic rings. The van der Waals surface area contributed by atoms with Crippen LogP contribution in [0.5, 0.6) is 0 Å². The van der Waals surface area contributed by atoms with Gasteiger partial charge in [0, 0.05) is 37.0 Å². The van der Waals surface area contributed by atoms with Crippen molar-refractivity contribution in [1.82, 2.24) is 24.9 Å². The highest BCUT2D eigenvalue weighted by Gasteiger charge is 2.24. The Morgan fingerprint density at radius 3 is 3.00 bits per heavy atom. The van der Waals surface area contributed by atoms with Crippen LogP contribution in [0.2, 0.25) is 0 Å². The lowest BCUT2D eigenvalue weighted by molar-refractivity contribution is 0.508. The lowest BCUT2D eigenvalue weighted by Gasteiger charge is -2.34. The summed E-state index contributed by atoms with van der Waals surface area (Å²) in [7, 11) is 0. The minimum absolute atomic E-state index is 0.297. The van der Waals surface area contributed by atoms with Crippen LogP contribution in [-0.2, 0) is 0 Å². The van der Waals surface area contributed by atoms with Crippen LogP contribution in [0.3, 0.4) is 0 Å². The zero-order chi connectivity index (χ0) is 18.9. The average molecular weight is 371 g/mol. The molecular weight excluding hydrogens is 350 g/mol. The molecule has 5 rings (SSSR count). The Bertz CT molecular complexity index is 1120. The molecule has 28 heavy (non-hydrogen) atoms. The molecule has 1 unspecified atom stereocenters. The van der Waals surface area contributed by atoms with Crippen molar-refractivity contribution in [2.45, 2.75) is 18.8 Å². The van der Waals surface area contributed by atoms with Crippen molar-refractivity contribution in [3.8, 4) is 11.3 Å². The Labute approximate surface area is 162 Å². The smallest absolute Gasteiger partial charge is 0.220 e. The van der Waals surface area contributed by atoms with E-state index in [9.17, 15) is 0 Å². The highest BCUT2D eigenvalue weighted by molar-refractivity contribution is 5.87. The fourth-order valence-electron chi connectivity index (χ4n) is 4.04. The minimum atomic E-state index is 0.297. The summed E-state index contributed by atoms with van der Waals surface area (Å²) in [5.41, 5.74) is 9.88. The van der Waals surface area contributed by atoms with E-state index in [1.54, 1.807) is 12.5 Å². The Hall–Kier alpha value is -3.48. The summed E-state index contributed by atoms with van der Waals surface area (Å²) in [6.07, 6.45) is 7.54. The van der Waals surface area contributed by atoms with Crippen molar-refractivity contribution in [2.75, 3.05) is 23.7 Å². The highest BCUT2D eigenvalue weighted by atomic mass is 15.2. The number of anilines is 2. The maximum Gasteiger partial charge on any atom is 0.220 e. The van der Waals surface area contributed by atoms with Crippen molar-refractivity contribution in [2.24, 2.45) is 0 Å². The van der Waals surface area contributed by atoms with Gasteiger partial charge in [-0.2, -0.15) is 0 Å². The molecule has 1 atom stereocenters. The number of aromatic amines is 1. The van der Waals surface area contributed by atoms with Crippen LogP contribution >= 0.6 is 0 Å². The molecule has 0 radical (unpaired) electrons. The molecule has 0 aliphatic carbocycles. The number of hydrogen-bond acceptors (Lipinski definition) is 6. The summed E-state index contributed by atoms with van der Waals surface area (Å²) in [5, 5.41) is 1.08. The highest BCUT2D eigenvalue weighted by Crippen LogP contribution is 2.33. The fraction of sp³-hybridized carbons (Fsp3) is 0.238. The quantitative estimate of drug-likeness (QED) is 0.573. The van der Waals surface area contributed by atoms with Crippen LogP contribution in [0.25, 0.3) is 22.3 Å². The molecule has 1 aliphatic heterocycles. The van der Waals surface area contributed by atoms with Gasteiger partial charge < -0.3 is 15.6 Å². The number of nitrogens with two attached hydrogens (primary N) is 1. The predicted molar refractivity (Wildman–Crippen MR) is 110 cm³/mol. The van der Waals surface area contributed by atoms with Gasteiger partial charge in [0.15, 0.2) is 0 Å². The zero-order valence-electron chi connectivity index (χ0n) is 15.4. The monoisotopic (exact) mass is 371 g/mol. The molecule has 4 aromatic rings. The molecule has 1 saturated heterocycles. The lowest BCUT2D eigenvalue weighted by atomic mass is 9.89. The molecular formula is C21H21N7. The number of nitrogen functional groups attached to an aromatic ring is 1. The van der Waals surface area contributed by atoms with E-state index in [1.807, 2.05) is 12.3 Å². The van der Waals surface area contributed by atoms with Crippen LogP contribution in [0, 0.1) is 0 Å². The molecule has 0 spiro atoms. The third-order valence-electron chi connectivity index (χ3n) is 5.38. The molecule has 3 aromatic heterocycles. The molecule has 0 amide bonds. The van der Waals surface area contributed by atoms with Crippen LogP contribution in [-0.4, -0.2) is 38.0 Å². The molecule has 1 aromatic carbocycles. The number of benzene rings is 1. The summed E-state index contributed by atoms with van der Waals surface area (Å²) < 4.78 is 0. The second-order valence-electron chi connectivity index (χ2n) is 7.15. The maximum atomic E-state index is 5.75. The normalized spacial score (nSPS) is 17.1. The number of piperidine rings is 1. The summed E-state index contributed by atoms with van der Waals surface area (Å²) in [6.45, 7) is 1.95. The van der Waals surface area contributed by atoms with Crippen molar-refractivity contribution in [3.63, 3.8) is 0 Å². The van der Waals surface area contributed by atoms with Gasteiger partial charge in [-0.3, -0.25) is 0 Å². The first-order valence-corrected chi connectivity index (χ1v) is 9.50. The van der Waals surface area contributed by atoms with Gasteiger partial charge >= 0.3 is 0 Å². The number of rotatable bonds is 3. The summed E-state index contributed by atoms with van der Waals surface area (Å²) in [6, 6.07) is 12.5. The van der Waals surface area contributed by atoms with E-state index in [4.69, 9.17) is 5.73 Å². The molecule has 4 heterocycles. The summed E-state index contributed by atoms with van der Waals surface area (Å²) >= 11 is 0. The van der Waals surface area contributed by atoms with Gasteiger partial charge in [-0.1, -0.05) is 18.2 Å². The van der Waals surface area contributed by atoms with Crippen LogP contribution in [0.4, 0.5) is 11.8 Å². The number of hydrogen-bond donors (Lipinski definition) is 2. The Kier molecular flexibility index (Phi) is 4.12. The second-order valence-corrected chi connectivity index (χ2v) is 7.15. The zero-order valence-corrected chi connectivity index (χ0v) is 15.4. The average Bonchev–Trinajstić information content (AvgIpc) is 3.23. The van der Waals surface area contributed by atoms with Crippen LogP contribution < -0.4 is 10.6 Å². The topological polar surface area (TPSA) is 96.6 Å². The summed E-state index contributed by atoms with van der Waals surface area (Å²) in [4.78, 5) is 22.8. The van der Waals surface area contributed by atoms with E-state index in [0.29, 0.717) is 11.9 Å². The lowest BCUT2D eigenvalue weighted by Crippen LogP contribution is -2.35. The largest absolute Gasteiger partial charge is 0.368 e. The summed E-state index contributed by atoms with van der Waals surface area (Å²) in [5.74, 6) is 1.75. The number of nitrogens with one attached hydrogen (secondary N) is 1. The van der Waals surface area contributed by atoms with E-state index in [2.05, 4.69) is 60.2 Å². The van der Waals surface area contributed by atoms with Crippen LogP contribution in [0.15, 0.2) is 55.1 Å². The molecule has 7 heteroatoms. The minimum Gasteiger partial charge on any atom is -0.368 e. The second kappa shape index (κ2) is 6.92. The Morgan fingerprint density at radius 1 is 1.11 bits per heavy atom. The van der Waals surface area contributed by atoms with Crippen molar-refractivity contribution >= 4 is 22.8 Å². The van der Waals surface area contributed by atoms with Gasteiger partial charge in [-0.25, -0.2) is 19.9 Å². The molecule has 0 bridgehead atoms. The number of H-pyrrole nitrogens is 1. The number of aromatic nitrogens is 5. The maximum absolute atomic E-state index is 5.75. The molecule has 1 fully saturated rings. The van der Waals surface area contributed by atoms with E-state index < -0.39 is 0 Å². The van der Waals surface area contributed by atoms with Crippen molar-refractivity contribution in [3.05, 3.63) is 60.7 Å². The number of fused-ring (bicyclic) bond motifs is 1. The standard InChI is InChI=1S/C21H21N7/c22-21-24-9-7-18(27-21)15-4-1-3-14(11-15)16-5-2-10-28(12-16)20-17-6-8-23-19(17)25-13-26-20/h1,3-4,6-9,11,13,16H,2,5,10,12H2,(H2,22,24,27)(H,23,25,26). The van der Waals surface area contributed by atoms with Gasteiger partial charge in [0.05, 0.1) is 11.1 Å². The van der Waals surface area contributed by atoms with Gasteiger partial charge in [0.2, 0.25) is 5.95 Å².